The lowest BCUT2D eigenvalue weighted by molar-refractivity contribution is -0.113. The number of nitrogens with one attached hydrogen (secondary N) is 2. The molecule has 0 aliphatic carbocycles. The van der Waals surface area contributed by atoms with Crippen molar-refractivity contribution in [1.82, 2.24) is 14.8 Å². The minimum Gasteiger partial charge on any atom is -0.497 e. The van der Waals surface area contributed by atoms with Crippen molar-refractivity contribution in [3.8, 4) is 17.2 Å². The zero-order chi connectivity index (χ0) is 26.6. The summed E-state index contributed by atoms with van der Waals surface area (Å²) >= 11 is 0. The number of amides is 1. The number of allylic oxidation sites excluding steroid dienone is 1. The number of hydrogen-bond acceptors (Lipinski definition) is 7. The Bertz CT molecular complexity index is 1480. The molecular formula is C29H29N5O4. The van der Waals surface area contributed by atoms with Gasteiger partial charge in [-0.25, -0.2) is 4.68 Å². The lowest BCUT2D eigenvalue weighted by Gasteiger charge is -2.29. The molecule has 0 saturated carbocycles. The fraction of sp³-hybridized carbons (Fsp3) is 0.207. The van der Waals surface area contributed by atoms with Crippen LogP contribution >= 0.6 is 0 Å². The highest BCUT2D eigenvalue weighted by atomic mass is 16.5. The average molecular weight is 512 g/mol. The molecule has 2 heterocycles. The van der Waals surface area contributed by atoms with Crippen LogP contribution in [0.15, 0.2) is 84.3 Å². The highest BCUT2D eigenvalue weighted by Crippen LogP contribution is 2.37. The topological polar surface area (TPSA) is 99.5 Å². The second kappa shape index (κ2) is 10.7. The summed E-state index contributed by atoms with van der Waals surface area (Å²) in [4.78, 5) is 18.0. The number of nitrogens with zero attached hydrogens (tertiary/aromatic N) is 3. The molecule has 1 atom stereocenters. The maximum atomic E-state index is 13.7. The van der Waals surface area contributed by atoms with Crippen molar-refractivity contribution < 1.29 is 19.0 Å². The van der Waals surface area contributed by atoms with E-state index in [9.17, 15) is 4.79 Å². The van der Waals surface area contributed by atoms with Gasteiger partial charge in [-0.2, -0.15) is 10.1 Å². The van der Waals surface area contributed by atoms with Gasteiger partial charge in [0.1, 0.15) is 36.2 Å². The van der Waals surface area contributed by atoms with Gasteiger partial charge in [-0.15, -0.1) is 0 Å². The lowest BCUT2D eigenvalue weighted by atomic mass is 9.95. The number of rotatable bonds is 8. The van der Waals surface area contributed by atoms with Crippen molar-refractivity contribution in [3.05, 3.63) is 101 Å². The third-order valence-corrected chi connectivity index (χ3v) is 6.42. The molecule has 9 nitrogen and oxygen atoms in total. The van der Waals surface area contributed by atoms with Gasteiger partial charge >= 0.3 is 0 Å². The van der Waals surface area contributed by atoms with E-state index in [4.69, 9.17) is 14.2 Å². The molecule has 38 heavy (non-hydrogen) atoms. The molecule has 1 aliphatic rings. The number of aromatic nitrogens is 3. The van der Waals surface area contributed by atoms with Gasteiger partial charge in [0.2, 0.25) is 5.95 Å². The molecule has 0 radical (unpaired) electrons. The molecule has 4 aromatic rings. The van der Waals surface area contributed by atoms with Crippen LogP contribution in [0.2, 0.25) is 0 Å². The van der Waals surface area contributed by atoms with E-state index < -0.39 is 6.04 Å². The third-order valence-electron chi connectivity index (χ3n) is 6.42. The predicted molar refractivity (Wildman–Crippen MR) is 145 cm³/mol. The maximum absolute atomic E-state index is 13.7. The maximum Gasteiger partial charge on any atom is 0.255 e. The van der Waals surface area contributed by atoms with Gasteiger partial charge in [0.05, 0.1) is 25.5 Å². The van der Waals surface area contributed by atoms with Gasteiger partial charge in [-0.05, 0) is 49.2 Å². The molecule has 0 saturated heterocycles. The highest BCUT2D eigenvalue weighted by molar-refractivity contribution is 6.06. The molecule has 1 aromatic heterocycles. The molecule has 5 rings (SSSR count). The summed E-state index contributed by atoms with van der Waals surface area (Å²) in [6.45, 7) is 4.38. The monoisotopic (exact) mass is 511 g/mol. The summed E-state index contributed by atoms with van der Waals surface area (Å²) in [6, 6.07) is 20.7. The van der Waals surface area contributed by atoms with E-state index in [1.807, 2.05) is 31.2 Å². The number of carbonyl (C=O) groups excluding carboxylic acids is 1. The van der Waals surface area contributed by atoms with Crippen molar-refractivity contribution in [3.63, 3.8) is 0 Å². The number of carbonyl (C=O) groups is 1. The number of fused-ring (bicyclic) bond motifs is 1. The van der Waals surface area contributed by atoms with Gasteiger partial charge in [-0.1, -0.05) is 42.0 Å². The molecule has 0 bridgehead atoms. The normalized spacial score (nSPS) is 14.4. The molecule has 194 valence electrons. The van der Waals surface area contributed by atoms with Crippen LogP contribution in [0.25, 0.3) is 0 Å². The van der Waals surface area contributed by atoms with Crippen molar-refractivity contribution in [2.75, 3.05) is 24.9 Å². The summed E-state index contributed by atoms with van der Waals surface area (Å²) < 4.78 is 18.4. The molecule has 0 fully saturated rings. The first-order valence-electron chi connectivity index (χ1n) is 12.2. The number of anilines is 2. The van der Waals surface area contributed by atoms with Crippen LogP contribution in [0.1, 0.15) is 29.7 Å². The third kappa shape index (κ3) is 5.04. The van der Waals surface area contributed by atoms with Gasteiger partial charge in [0.15, 0.2) is 0 Å². The summed E-state index contributed by atoms with van der Waals surface area (Å²) in [5.41, 5.74) is 4.89. The van der Waals surface area contributed by atoms with Crippen LogP contribution < -0.4 is 24.8 Å². The smallest absolute Gasteiger partial charge is 0.255 e. The van der Waals surface area contributed by atoms with Gasteiger partial charge in [0, 0.05) is 11.8 Å². The van der Waals surface area contributed by atoms with E-state index in [0.29, 0.717) is 41.0 Å². The number of aryl methyl sites for hydroxylation is 1. The van der Waals surface area contributed by atoms with E-state index in [1.165, 1.54) is 11.9 Å². The second-order valence-electron chi connectivity index (χ2n) is 8.96. The van der Waals surface area contributed by atoms with Crippen LogP contribution in [0, 0.1) is 6.92 Å². The Labute approximate surface area is 221 Å². The first-order valence-corrected chi connectivity index (χ1v) is 12.2. The SMILES string of the molecule is COc1ccc(NC(=O)C2=C(C)Nc3ncnn3[C@@H]2c2ccc(OCc3ccc(C)cc3)cc2)c(OC)c1. The Morgan fingerprint density at radius 1 is 0.974 bits per heavy atom. The molecule has 1 amide bonds. The van der Waals surface area contributed by atoms with Crippen molar-refractivity contribution >= 4 is 17.5 Å². The predicted octanol–water partition coefficient (Wildman–Crippen LogP) is 5.11. The van der Waals surface area contributed by atoms with Gasteiger partial charge in [-0.3, -0.25) is 4.79 Å². The molecule has 9 heteroatoms. The first kappa shape index (κ1) is 24.9. The van der Waals surface area contributed by atoms with Crippen LogP contribution in [0.3, 0.4) is 0 Å². The van der Waals surface area contributed by atoms with E-state index >= 15 is 0 Å². The summed E-state index contributed by atoms with van der Waals surface area (Å²) in [6.07, 6.45) is 1.47. The molecule has 2 N–H and O–H groups in total. The van der Waals surface area contributed by atoms with Gasteiger partial charge in [0.25, 0.3) is 5.91 Å². The van der Waals surface area contributed by atoms with E-state index in [0.717, 1.165) is 16.9 Å². The summed E-state index contributed by atoms with van der Waals surface area (Å²) in [5.74, 6) is 2.13. The van der Waals surface area contributed by atoms with Crippen LogP contribution in [0.5, 0.6) is 17.2 Å². The zero-order valence-electron chi connectivity index (χ0n) is 21.7. The quantitative estimate of drug-likeness (QED) is 0.339. The largest absolute Gasteiger partial charge is 0.497 e. The van der Waals surface area contributed by atoms with E-state index in [2.05, 4.69) is 51.9 Å². The van der Waals surface area contributed by atoms with Crippen LogP contribution in [-0.4, -0.2) is 34.9 Å². The van der Waals surface area contributed by atoms with Crippen LogP contribution in [0.4, 0.5) is 11.6 Å². The molecule has 3 aromatic carbocycles. The highest BCUT2D eigenvalue weighted by Gasteiger charge is 2.33. The Balaban J connectivity index is 1.41. The van der Waals surface area contributed by atoms with Crippen LogP contribution in [-0.2, 0) is 11.4 Å². The number of hydrogen-bond donors (Lipinski definition) is 2. The standard InChI is InChI=1S/C29H29N5O4/c1-18-5-7-20(8-6-18)16-38-22-11-9-21(10-12-22)27-26(19(2)32-29-30-17-31-34(27)29)28(35)33-24-14-13-23(36-3)15-25(24)37-4/h5-15,17,27H,16H2,1-4H3,(H,33,35)(H,30,31,32)/t27-/m1/s1. The summed E-state index contributed by atoms with van der Waals surface area (Å²) in [5, 5.41) is 10.6. The molecular weight excluding hydrogens is 482 g/mol. The Hall–Kier alpha value is -4.79. The fourth-order valence-electron chi connectivity index (χ4n) is 4.38. The van der Waals surface area contributed by atoms with Crippen molar-refractivity contribution in [2.45, 2.75) is 26.5 Å². The van der Waals surface area contributed by atoms with Crippen molar-refractivity contribution in [2.24, 2.45) is 0 Å². The fourth-order valence-corrected chi connectivity index (χ4v) is 4.38. The van der Waals surface area contributed by atoms with E-state index in [1.54, 1.807) is 37.1 Å². The molecule has 0 spiro atoms. The molecule has 1 aliphatic heterocycles. The number of benzene rings is 3. The second-order valence-corrected chi connectivity index (χ2v) is 8.96. The molecule has 0 unspecified atom stereocenters. The van der Waals surface area contributed by atoms with Gasteiger partial charge < -0.3 is 24.8 Å². The van der Waals surface area contributed by atoms with E-state index in [-0.39, 0.29) is 5.91 Å². The van der Waals surface area contributed by atoms with Crippen molar-refractivity contribution in [1.29, 1.82) is 0 Å². The lowest BCUT2D eigenvalue weighted by Crippen LogP contribution is -2.31. The Morgan fingerprint density at radius 2 is 1.71 bits per heavy atom. The summed E-state index contributed by atoms with van der Waals surface area (Å²) in [7, 11) is 3.12. The first-order chi connectivity index (χ1) is 18.5. The number of ether oxygens (including phenoxy) is 3. The minimum atomic E-state index is -0.496. The average Bonchev–Trinajstić information content (AvgIpc) is 3.40. The zero-order valence-corrected chi connectivity index (χ0v) is 21.7. The Kier molecular flexibility index (Phi) is 6.99. The number of methoxy groups -OCH3 is 2. The Morgan fingerprint density at radius 3 is 2.42 bits per heavy atom. The minimum absolute atomic E-state index is 0.288.